The molecule has 3 rings (SSSR count). The Hall–Kier alpha value is -1.90. The van der Waals surface area contributed by atoms with E-state index in [0.29, 0.717) is 19.3 Å². The Morgan fingerprint density at radius 1 is 1.21 bits per heavy atom. The maximum atomic E-state index is 14.9. The zero-order valence-electron chi connectivity index (χ0n) is 18.6. The van der Waals surface area contributed by atoms with Crippen molar-refractivity contribution in [2.75, 3.05) is 0 Å². The summed E-state index contributed by atoms with van der Waals surface area (Å²) in [4.78, 5) is 36.4. The van der Waals surface area contributed by atoms with Crippen LogP contribution in [0.5, 0.6) is 0 Å². The normalized spacial score (nSPS) is 23.7. The van der Waals surface area contributed by atoms with Crippen LogP contribution in [0.4, 0.5) is 4.39 Å². The molecule has 3 amide bonds. The predicted octanol–water partition coefficient (Wildman–Crippen LogP) is 3.36. The fraction of sp³-hybridized carbons (Fsp3) is 0.609. The zero-order valence-corrected chi connectivity index (χ0v) is 20.1. The van der Waals surface area contributed by atoms with Crippen molar-refractivity contribution in [3.05, 3.63) is 33.6 Å². The summed E-state index contributed by atoms with van der Waals surface area (Å²) in [5, 5.41) is 6.22. The molecule has 0 heterocycles. The van der Waals surface area contributed by atoms with Gasteiger partial charge in [0, 0.05) is 17.5 Å². The first-order valence-electron chi connectivity index (χ1n) is 11.3. The van der Waals surface area contributed by atoms with E-state index in [4.69, 9.17) is 34.7 Å². The van der Waals surface area contributed by atoms with Gasteiger partial charge in [-0.15, -0.1) is 0 Å². The second-order valence-corrected chi connectivity index (χ2v) is 10.3. The van der Waals surface area contributed by atoms with E-state index in [0.717, 1.165) is 25.7 Å². The molecular weight excluding hydrogens is 470 g/mol. The van der Waals surface area contributed by atoms with Gasteiger partial charge in [0.25, 0.3) is 0 Å². The summed E-state index contributed by atoms with van der Waals surface area (Å²) >= 11 is 12.6. The number of hydrogen-bond donors (Lipinski definition) is 4. The molecule has 4 atom stereocenters. The van der Waals surface area contributed by atoms with Crippen LogP contribution in [0.3, 0.4) is 0 Å². The van der Waals surface area contributed by atoms with Gasteiger partial charge in [0.05, 0.1) is 28.5 Å². The van der Waals surface area contributed by atoms with Gasteiger partial charge in [-0.2, -0.15) is 0 Å². The van der Waals surface area contributed by atoms with Gasteiger partial charge in [0.1, 0.15) is 5.82 Å². The maximum absolute atomic E-state index is 14.9. The Bertz CT molecular complexity index is 923. The van der Waals surface area contributed by atoms with Crippen molar-refractivity contribution in [1.29, 1.82) is 0 Å². The molecule has 2 fully saturated rings. The number of halogens is 3. The van der Waals surface area contributed by atoms with E-state index < -0.39 is 29.7 Å². The number of nitrogens with two attached hydrogens (primary N) is 2. The number of benzene rings is 1. The lowest BCUT2D eigenvalue weighted by Gasteiger charge is -2.36. The molecule has 2 aliphatic carbocycles. The minimum Gasteiger partial charge on any atom is -0.370 e. The molecule has 1 aromatic rings. The molecule has 0 unspecified atom stereocenters. The first kappa shape index (κ1) is 25.7. The number of nitrogens with one attached hydrogen (secondary N) is 2. The number of hydrogen-bond acceptors (Lipinski definition) is 4. The zero-order chi connectivity index (χ0) is 24.3. The smallest absolute Gasteiger partial charge is 0.237 e. The van der Waals surface area contributed by atoms with E-state index >= 15 is 0 Å². The number of amides is 3. The summed E-state index contributed by atoms with van der Waals surface area (Å²) in [7, 11) is 0. The highest BCUT2D eigenvalue weighted by Crippen LogP contribution is 2.50. The van der Waals surface area contributed by atoms with Crippen molar-refractivity contribution in [1.82, 2.24) is 10.6 Å². The van der Waals surface area contributed by atoms with Crippen molar-refractivity contribution in [3.8, 4) is 0 Å². The lowest BCUT2D eigenvalue weighted by molar-refractivity contribution is -0.127. The summed E-state index contributed by atoms with van der Waals surface area (Å²) in [5.74, 6) is -2.18. The molecule has 6 N–H and O–H groups in total. The van der Waals surface area contributed by atoms with Crippen LogP contribution >= 0.6 is 23.2 Å². The molecule has 33 heavy (non-hydrogen) atoms. The molecule has 0 saturated heterocycles. The van der Waals surface area contributed by atoms with Gasteiger partial charge in [-0.3, -0.25) is 14.4 Å². The lowest BCUT2D eigenvalue weighted by atomic mass is 9.76. The summed E-state index contributed by atoms with van der Waals surface area (Å²) in [5.41, 5.74) is 10.7. The Kier molecular flexibility index (Phi) is 8.24. The highest BCUT2D eigenvalue weighted by molar-refractivity contribution is 6.42. The van der Waals surface area contributed by atoms with Crippen LogP contribution in [0.25, 0.3) is 0 Å². The molecule has 0 spiro atoms. The number of carbonyl (C=O) groups excluding carboxylic acids is 3. The lowest BCUT2D eigenvalue weighted by Crippen LogP contribution is -2.46. The predicted molar refractivity (Wildman–Crippen MR) is 125 cm³/mol. The fourth-order valence-corrected chi connectivity index (χ4v) is 5.53. The number of carbonyl (C=O) groups is 3. The molecule has 7 nitrogen and oxygen atoms in total. The standard InChI is InChI=1S/C23H31Cl2FN4O3/c1-23(8-2-3-9-23)20(18-15(26)7-6-14(24)19(18)25)30-21(32)12-4-5-13(10-12)29-22(33)16(27)11-17(28)31/h6-7,12-13,16,20H,2-5,8-11,27H2,1H3,(H2,28,31)(H,29,33)(H,30,32)/t12-,13+,16+,20+/m0/s1. The summed E-state index contributed by atoms with van der Waals surface area (Å²) < 4.78 is 14.9. The van der Waals surface area contributed by atoms with Crippen LogP contribution in [0.15, 0.2) is 12.1 Å². The molecule has 2 saturated carbocycles. The maximum Gasteiger partial charge on any atom is 0.237 e. The Morgan fingerprint density at radius 3 is 2.52 bits per heavy atom. The van der Waals surface area contributed by atoms with E-state index in [2.05, 4.69) is 10.6 Å². The van der Waals surface area contributed by atoms with Crippen LogP contribution < -0.4 is 22.1 Å². The molecule has 1 aromatic carbocycles. The van der Waals surface area contributed by atoms with E-state index in [-0.39, 0.29) is 45.3 Å². The van der Waals surface area contributed by atoms with Crippen molar-refractivity contribution < 1.29 is 18.8 Å². The second-order valence-electron chi connectivity index (χ2n) is 9.55. The molecule has 0 radical (unpaired) electrons. The molecule has 0 aliphatic heterocycles. The van der Waals surface area contributed by atoms with Crippen molar-refractivity contribution in [2.24, 2.45) is 22.8 Å². The van der Waals surface area contributed by atoms with E-state index in [9.17, 15) is 18.8 Å². The molecular formula is C23H31Cl2FN4O3. The highest BCUT2D eigenvalue weighted by atomic mass is 35.5. The van der Waals surface area contributed by atoms with Gasteiger partial charge in [-0.25, -0.2) is 4.39 Å². The summed E-state index contributed by atoms with van der Waals surface area (Å²) in [6.07, 6.45) is 5.00. The third kappa shape index (κ3) is 5.97. The van der Waals surface area contributed by atoms with Crippen LogP contribution in [0.2, 0.25) is 10.0 Å². The molecule has 0 bridgehead atoms. The Labute approximate surface area is 203 Å². The van der Waals surface area contributed by atoms with E-state index in [1.165, 1.54) is 12.1 Å². The van der Waals surface area contributed by atoms with Crippen LogP contribution in [-0.2, 0) is 14.4 Å². The van der Waals surface area contributed by atoms with E-state index in [1.54, 1.807) is 0 Å². The van der Waals surface area contributed by atoms with Gasteiger partial charge in [-0.1, -0.05) is 43.0 Å². The second kappa shape index (κ2) is 10.6. The SMILES string of the molecule is CC1([C@H](NC(=O)[C@H]2CC[C@@H](NC(=O)[C@H](N)CC(N)=O)C2)c2c(F)ccc(Cl)c2Cl)CCCC1. The largest absolute Gasteiger partial charge is 0.370 e. The average Bonchev–Trinajstić information content (AvgIpc) is 3.39. The number of primary amides is 1. The minimum absolute atomic E-state index is 0.120. The third-order valence-corrected chi connectivity index (χ3v) is 7.82. The van der Waals surface area contributed by atoms with Crippen molar-refractivity contribution >= 4 is 40.9 Å². The summed E-state index contributed by atoms with van der Waals surface area (Å²) in [6, 6.07) is 0.814. The van der Waals surface area contributed by atoms with E-state index in [1.807, 2.05) is 6.92 Å². The average molecular weight is 501 g/mol. The van der Waals surface area contributed by atoms with Crippen molar-refractivity contribution in [3.63, 3.8) is 0 Å². The quantitative estimate of drug-likeness (QED) is 0.408. The monoisotopic (exact) mass is 500 g/mol. The van der Waals surface area contributed by atoms with Gasteiger partial charge in [0.15, 0.2) is 0 Å². The highest BCUT2D eigenvalue weighted by Gasteiger charge is 2.43. The Morgan fingerprint density at radius 2 is 1.88 bits per heavy atom. The first-order valence-corrected chi connectivity index (χ1v) is 12.1. The topological polar surface area (TPSA) is 127 Å². The van der Waals surface area contributed by atoms with Crippen LogP contribution in [0.1, 0.15) is 69.9 Å². The fourth-order valence-electron chi connectivity index (χ4n) is 5.10. The van der Waals surface area contributed by atoms with Crippen LogP contribution in [-0.4, -0.2) is 29.8 Å². The molecule has 182 valence electrons. The van der Waals surface area contributed by atoms with Gasteiger partial charge >= 0.3 is 0 Å². The van der Waals surface area contributed by atoms with Crippen LogP contribution in [0, 0.1) is 17.2 Å². The Balaban J connectivity index is 1.72. The minimum atomic E-state index is -1.02. The third-order valence-electron chi connectivity index (χ3n) is 7.01. The molecule has 2 aliphatic rings. The van der Waals surface area contributed by atoms with Crippen molar-refractivity contribution in [2.45, 2.75) is 76.4 Å². The number of rotatable bonds is 8. The van der Waals surface area contributed by atoms with Gasteiger partial charge in [-0.05, 0) is 49.7 Å². The van der Waals surface area contributed by atoms with Gasteiger partial charge in [0.2, 0.25) is 17.7 Å². The summed E-state index contributed by atoms with van der Waals surface area (Å²) in [6.45, 7) is 2.04. The van der Waals surface area contributed by atoms with Gasteiger partial charge < -0.3 is 22.1 Å². The molecule has 0 aromatic heterocycles. The first-order chi connectivity index (χ1) is 15.5. The molecule has 10 heteroatoms.